The van der Waals surface area contributed by atoms with Crippen LogP contribution >= 0.6 is 15.9 Å². The van der Waals surface area contributed by atoms with Crippen LogP contribution in [-0.2, 0) is 9.53 Å². The van der Waals surface area contributed by atoms with Crippen LogP contribution in [0.4, 0.5) is 0 Å². The first-order valence-electron chi connectivity index (χ1n) is 7.66. The number of halogens is 1. The first-order valence-corrected chi connectivity index (χ1v) is 8.45. The molecule has 0 radical (unpaired) electrons. The van der Waals surface area contributed by atoms with E-state index in [-0.39, 0.29) is 18.6 Å². The highest BCUT2D eigenvalue weighted by molar-refractivity contribution is 9.10. The van der Waals surface area contributed by atoms with Gasteiger partial charge in [-0.05, 0) is 59.7 Å². The zero-order valence-corrected chi connectivity index (χ0v) is 14.6. The summed E-state index contributed by atoms with van der Waals surface area (Å²) in [6, 6.07) is 7.30. The van der Waals surface area contributed by atoms with Crippen LogP contribution in [0.25, 0.3) is 0 Å². The van der Waals surface area contributed by atoms with Crippen molar-refractivity contribution in [2.75, 3.05) is 13.7 Å². The first-order chi connectivity index (χ1) is 10.5. The standard InChI is InChI=1S/C17H22BrNO3/c1-12-7-9-13(10-8-12)19(2)16(20)11-22-17(21)14-5-3-4-6-15(14)18/h3-6,12-13H,7-11H2,1-2H3. The minimum absolute atomic E-state index is 0.139. The van der Waals surface area contributed by atoms with Gasteiger partial charge in [0.1, 0.15) is 0 Å². The van der Waals surface area contributed by atoms with E-state index < -0.39 is 5.97 Å². The number of amides is 1. The van der Waals surface area contributed by atoms with Gasteiger partial charge in [-0.2, -0.15) is 0 Å². The number of ether oxygens (including phenoxy) is 1. The summed E-state index contributed by atoms with van der Waals surface area (Å²) in [5, 5.41) is 0. The number of carbonyl (C=O) groups is 2. The number of esters is 1. The molecule has 1 aromatic rings. The van der Waals surface area contributed by atoms with Gasteiger partial charge < -0.3 is 9.64 Å². The van der Waals surface area contributed by atoms with Gasteiger partial charge in [0.2, 0.25) is 0 Å². The van der Waals surface area contributed by atoms with Crippen LogP contribution in [-0.4, -0.2) is 36.5 Å². The molecular weight excluding hydrogens is 346 g/mol. The van der Waals surface area contributed by atoms with Gasteiger partial charge in [0.15, 0.2) is 6.61 Å². The minimum Gasteiger partial charge on any atom is -0.452 e. The predicted octanol–water partition coefficient (Wildman–Crippen LogP) is 3.64. The quantitative estimate of drug-likeness (QED) is 0.763. The average Bonchev–Trinajstić information content (AvgIpc) is 2.52. The third-order valence-corrected chi connectivity index (χ3v) is 5.04. The first kappa shape index (κ1) is 17.0. The Morgan fingerprint density at radius 3 is 2.50 bits per heavy atom. The van der Waals surface area contributed by atoms with Crippen LogP contribution in [0.2, 0.25) is 0 Å². The summed E-state index contributed by atoms with van der Waals surface area (Å²) in [6.07, 6.45) is 4.36. The third kappa shape index (κ3) is 4.32. The van der Waals surface area contributed by atoms with E-state index in [0.717, 1.165) is 31.6 Å². The molecule has 1 fully saturated rings. The summed E-state index contributed by atoms with van der Waals surface area (Å²) in [6.45, 7) is 2.04. The van der Waals surface area contributed by atoms with Crippen molar-refractivity contribution in [1.82, 2.24) is 4.90 Å². The summed E-state index contributed by atoms with van der Waals surface area (Å²) in [7, 11) is 1.80. The van der Waals surface area contributed by atoms with Gasteiger partial charge >= 0.3 is 5.97 Å². The molecule has 0 bridgehead atoms. The van der Waals surface area contributed by atoms with Crippen molar-refractivity contribution in [2.45, 2.75) is 38.6 Å². The maximum absolute atomic E-state index is 12.2. The maximum atomic E-state index is 12.2. The van der Waals surface area contributed by atoms with Gasteiger partial charge in [-0.1, -0.05) is 19.1 Å². The lowest BCUT2D eigenvalue weighted by molar-refractivity contribution is -0.136. The summed E-state index contributed by atoms with van der Waals surface area (Å²) < 4.78 is 5.81. The number of nitrogens with zero attached hydrogens (tertiary/aromatic N) is 1. The van der Waals surface area contributed by atoms with Gasteiger partial charge in [0.25, 0.3) is 5.91 Å². The molecule has 0 N–H and O–H groups in total. The van der Waals surface area contributed by atoms with Gasteiger partial charge in [0, 0.05) is 17.6 Å². The lowest BCUT2D eigenvalue weighted by Crippen LogP contribution is -2.41. The van der Waals surface area contributed by atoms with Crippen molar-refractivity contribution in [1.29, 1.82) is 0 Å². The SMILES string of the molecule is CC1CCC(N(C)C(=O)COC(=O)c2ccccc2Br)CC1. The highest BCUT2D eigenvalue weighted by atomic mass is 79.9. The van der Waals surface area contributed by atoms with E-state index in [2.05, 4.69) is 22.9 Å². The van der Waals surface area contributed by atoms with Gasteiger partial charge in [-0.3, -0.25) is 4.79 Å². The second-order valence-electron chi connectivity index (χ2n) is 5.97. The van der Waals surface area contributed by atoms with Crippen molar-refractivity contribution in [3.05, 3.63) is 34.3 Å². The summed E-state index contributed by atoms with van der Waals surface area (Å²) >= 11 is 3.30. The monoisotopic (exact) mass is 367 g/mol. The Kier molecular flexibility index (Phi) is 6.00. The van der Waals surface area contributed by atoms with E-state index in [0.29, 0.717) is 10.0 Å². The zero-order chi connectivity index (χ0) is 16.1. The van der Waals surface area contributed by atoms with Crippen LogP contribution < -0.4 is 0 Å². The number of likely N-dealkylation sites (N-methyl/N-ethyl adjacent to an activating group) is 1. The Balaban J connectivity index is 1.84. The number of benzene rings is 1. The molecule has 1 amide bonds. The fourth-order valence-electron chi connectivity index (χ4n) is 2.77. The fraction of sp³-hybridized carbons (Fsp3) is 0.529. The van der Waals surface area contributed by atoms with Crippen molar-refractivity contribution < 1.29 is 14.3 Å². The molecule has 1 aliphatic carbocycles. The Labute approximate surface area is 140 Å². The van der Waals surface area contributed by atoms with Crippen LogP contribution in [0, 0.1) is 5.92 Å². The largest absolute Gasteiger partial charge is 0.452 e. The molecule has 0 spiro atoms. The molecule has 4 nitrogen and oxygen atoms in total. The van der Waals surface area contributed by atoms with Crippen molar-refractivity contribution in [3.8, 4) is 0 Å². The van der Waals surface area contributed by atoms with Crippen molar-refractivity contribution in [2.24, 2.45) is 5.92 Å². The molecule has 22 heavy (non-hydrogen) atoms. The molecule has 1 aromatic carbocycles. The third-order valence-electron chi connectivity index (χ3n) is 4.35. The van der Waals surface area contributed by atoms with E-state index in [4.69, 9.17) is 4.74 Å². The van der Waals surface area contributed by atoms with E-state index in [1.807, 2.05) is 6.07 Å². The second-order valence-corrected chi connectivity index (χ2v) is 6.83. The van der Waals surface area contributed by atoms with Crippen LogP contribution in [0.5, 0.6) is 0 Å². The minimum atomic E-state index is -0.480. The molecule has 5 heteroatoms. The topological polar surface area (TPSA) is 46.6 Å². The van der Waals surface area contributed by atoms with E-state index in [9.17, 15) is 9.59 Å². The van der Waals surface area contributed by atoms with E-state index in [1.54, 1.807) is 30.1 Å². The highest BCUT2D eigenvalue weighted by Crippen LogP contribution is 2.26. The molecular formula is C17H22BrNO3. The van der Waals surface area contributed by atoms with Crippen LogP contribution in [0.15, 0.2) is 28.7 Å². The molecule has 1 aliphatic rings. The van der Waals surface area contributed by atoms with Gasteiger partial charge in [-0.25, -0.2) is 4.79 Å². The smallest absolute Gasteiger partial charge is 0.339 e. The van der Waals surface area contributed by atoms with E-state index in [1.165, 1.54) is 0 Å². The summed E-state index contributed by atoms with van der Waals surface area (Å²) in [5.41, 5.74) is 0.435. The van der Waals surface area contributed by atoms with Gasteiger partial charge in [0.05, 0.1) is 5.56 Å². The summed E-state index contributed by atoms with van der Waals surface area (Å²) in [4.78, 5) is 25.9. The Hall–Kier alpha value is -1.36. The Bertz CT molecular complexity index is 538. The van der Waals surface area contributed by atoms with Crippen molar-refractivity contribution >= 4 is 27.8 Å². The second kappa shape index (κ2) is 7.77. The Morgan fingerprint density at radius 1 is 1.23 bits per heavy atom. The fourth-order valence-corrected chi connectivity index (χ4v) is 3.21. The molecule has 0 heterocycles. The predicted molar refractivity (Wildman–Crippen MR) is 88.6 cm³/mol. The van der Waals surface area contributed by atoms with Crippen LogP contribution in [0.1, 0.15) is 43.0 Å². The molecule has 0 unspecified atom stereocenters. The van der Waals surface area contributed by atoms with E-state index >= 15 is 0 Å². The average molecular weight is 368 g/mol. The zero-order valence-electron chi connectivity index (χ0n) is 13.0. The molecule has 0 atom stereocenters. The molecule has 2 rings (SSSR count). The molecule has 0 saturated heterocycles. The lowest BCUT2D eigenvalue weighted by atomic mass is 9.87. The molecule has 0 aliphatic heterocycles. The molecule has 120 valence electrons. The van der Waals surface area contributed by atoms with Gasteiger partial charge in [-0.15, -0.1) is 0 Å². The highest BCUT2D eigenvalue weighted by Gasteiger charge is 2.25. The normalized spacial score (nSPS) is 21.2. The number of hydrogen-bond acceptors (Lipinski definition) is 3. The Morgan fingerprint density at radius 2 is 1.86 bits per heavy atom. The van der Waals surface area contributed by atoms with Crippen molar-refractivity contribution in [3.63, 3.8) is 0 Å². The lowest BCUT2D eigenvalue weighted by Gasteiger charge is -2.33. The summed E-state index contributed by atoms with van der Waals surface area (Å²) in [5.74, 6) is 0.124. The number of carbonyl (C=O) groups excluding carboxylic acids is 2. The number of rotatable bonds is 4. The number of hydrogen-bond donors (Lipinski definition) is 0. The molecule has 1 saturated carbocycles. The molecule has 0 aromatic heterocycles. The maximum Gasteiger partial charge on any atom is 0.339 e. The van der Waals surface area contributed by atoms with Crippen LogP contribution in [0.3, 0.4) is 0 Å².